The first-order valence-corrected chi connectivity index (χ1v) is 10.4. The van der Waals surface area contributed by atoms with Crippen molar-refractivity contribution in [1.29, 1.82) is 0 Å². The van der Waals surface area contributed by atoms with Gasteiger partial charge in [-0.3, -0.25) is 0 Å². The number of nitrogens with zero attached hydrogens (tertiary/aromatic N) is 1. The van der Waals surface area contributed by atoms with Crippen LogP contribution in [0.15, 0.2) is 5.16 Å². The van der Waals surface area contributed by atoms with E-state index in [0.29, 0.717) is 5.92 Å². The second kappa shape index (κ2) is 36.4. The molecule has 2 nitrogen and oxygen atoms in total. The second-order valence-electron chi connectivity index (χ2n) is 6.82. The van der Waals surface area contributed by atoms with Gasteiger partial charge in [-0.25, -0.2) is 0 Å². The number of unbranched alkanes of at least 4 members (excludes halogenated alkanes) is 10. The van der Waals surface area contributed by atoms with E-state index in [1.54, 1.807) is 0 Å². The van der Waals surface area contributed by atoms with Crippen molar-refractivity contribution in [3.8, 4) is 0 Å². The van der Waals surface area contributed by atoms with E-state index in [0.717, 1.165) is 12.1 Å². The molecule has 0 radical (unpaired) electrons. The summed E-state index contributed by atoms with van der Waals surface area (Å²) in [5.74, 6) is 0.487. The maximum absolute atomic E-state index is 8.70. The van der Waals surface area contributed by atoms with E-state index >= 15 is 0 Å². The average Bonchev–Trinajstić information content (AvgIpc) is 2.58. The molecule has 0 rings (SSSR count). The Bertz CT molecular complexity index is 232. The first-order valence-electron chi connectivity index (χ1n) is 10.4. The largest absolute Gasteiger partial charge is 0.411 e. The first kappa shape index (κ1) is 41.0. The monoisotopic (exact) mass is 391 g/mol. The van der Waals surface area contributed by atoms with Crippen LogP contribution >= 0.6 is 0 Å². The molecule has 0 saturated heterocycles. The van der Waals surface area contributed by atoms with E-state index in [1.165, 1.54) is 83.5 Å². The van der Waals surface area contributed by atoms with Crippen LogP contribution in [0.5, 0.6) is 0 Å². The zero-order valence-corrected chi connectivity index (χ0v) is 16.9. The molecular weight excluding hydrogens is 330 g/mol. The molecule has 0 aromatic heterocycles. The summed E-state index contributed by atoms with van der Waals surface area (Å²) in [5, 5.41) is 12.0. The Morgan fingerprint density at radius 1 is 0.630 bits per heavy atom. The summed E-state index contributed by atoms with van der Waals surface area (Å²) < 4.78 is 0. The molecule has 0 aliphatic carbocycles. The molecule has 0 amide bonds. The zero-order chi connectivity index (χ0) is 17.8. The van der Waals surface area contributed by atoms with Crippen molar-refractivity contribution in [3.05, 3.63) is 0 Å². The molecule has 0 heterocycles. The van der Waals surface area contributed by atoms with Gasteiger partial charge >= 0.3 is 0 Å². The minimum atomic E-state index is 0. The average molecular weight is 392 g/mol. The smallest absolute Gasteiger partial charge is 0.0570 e. The van der Waals surface area contributed by atoms with Crippen molar-refractivity contribution >= 4 is 5.71 Å². The topological polar surface area (TPSA) is 32.6 Å². The van der Waals surface area contributed by atoms with Gasteiger partial charge in [-0.15, -0.1) is 0 Å². The highest BCUT2D eigenvalue weighted by atomic mass is 16.4. The lowest BCUT2D eigenvalue weighted by Gasteiger charge is -2.12. The van der Waals surface area contributed by atoms with Gasteiger partial charge in [0.25, 0.3) is 0 Å². The number of oxime groups is 1. The van der Waals surface area contributed by atoms with E-state index < -0.39 is 0 Å². The third kappa shape index (κ3) is 33.5. The SMILES string of the molecule is C.C.C.C.CCCCCCCC.CCCCCCCCC(CC)/C(C)=N/O. The number of hydrogen-bond donors (Lipinski definition) is 1. The van der Waals surface area contributed by atoms with E-state index in [-0.39, 0.29) is 29.7 Å². The summed E-state index contributed by atoms with van der Waals surface area (Å²) in [6, 6.07) is 0. The standard InChI is InChI=1S/C13H27NO.C8H18.4CH4/c1-4-6-7-8-9-10-11-13(5-2)12(3)14-15;1-3-5-7-8-6-4-2;;;;/h13,15H,4-11H2,1-3H3;3-8H2,1-2H3;4*1H4/b14-12+;;;;;. The highest BCUT2D eigenvalue weighted by Crippen LogP contribution is 2.16. The van der Waals surface area contributed by atoms with Crippen molar-refractivity contribution in [2.45, 2.75) is 154 Å². The highest BCUT2D eigenvalue weighted by molar-refractivity contribution is 5.83. The fourth-order valence-corrected chi connectivity index (χ4v) is 2.81. The predicted molar refractivity (Wildman–Crippen MR) is 133 cm³/mol. The normalized spacial score (nSPS) is 10.8. The molecule has 1 atom stereocenters. The summed E-state index contributed by atoms with van der Waals surface area (Å²) in [5.41, 5.74) is 0.894. The van der Waals surface area contributed by atoms with Crippen LogP contribution in [0.1, 0.15) is 154 Å². The van der Waals surface area contributed by atoms with Crippen molar-refractivity contribution in [2.24, 2.45) is 11.1 Å². The van der Waals surface area contributed by atoms with Crippen molar-refractivity contribution in [2.75, 3.05) is 0 Å². The summed E-state index contributed by atoms with van der Waals surface area (Å²) in [4.78, 5) is 0. The van der Waals surface area contributed by atoms with E-state index in [1.807, 2.05) is 6.92 Å². The Labute approximate surface area is 176 Å². The van der Waals surface area contributed by atoms with Gasteiger partial charge in [-0.05, 0) is 19.8 Å². The Morgan fingerprint density at radius 3 is 1.26 bits per heavy atom. The van der Waals surface area contributed by atoms with Crippen LogP contribution in [-0.4, -0.2) is 10.9 Å². The van der Waals surface area contributed by atoms with Crippen LogP contribution in [0.2, 0.25) is 0 Å². The Morgan fingerprint density at radius 2 is 0.963 bits per heavy atom. The Kier molecular flexibility index (Phi) is 55.2. The third-order valence-electron chi connectivity index (χ3n) is 4.60. The molecule has 0 saturated carbocycles. The molecule has 0 fully saturated rings. The van der Waals surface area contributed by atoms with Gasteiger partial charge in [0.1, 0.15) is 0 Å². The minimum Gasteiger partial charge on any atom is -0.411 e. The minimum absolute atomic E-state index is 0. The third-order valence-corrected chi connectivity index (χ3v) is 4.60. The lowest BCUT2D eigenvalue weighted by Crippen LogP contribution is -2.10. The molecule has 0 spiro atoms. The first-order chi connectivity index (χ1) is 11.2. The molecule has 0 aliphatic heterocycles. The van der Waals surface area contributed by atoms with E-state index in [2.05, 4.69) is 32.9 Å². The highest BCUT2D eigenvalue weighted by Gasteiger charge is 2.09. The van der Waals surface area contributed by atoms with E-state index in [4.69, 9.17) is 5.21 Å². The van der Waals surface area contributed by atoms with Gasteiger partial charge in [0.15, 0.2) is 0 Å². The molecule has 0 aromatic carbocycles. The fourth-order valence-electron chi connectivity index (χ4n) is 2.81. The van der Waals surface area contributed by atoms with Crippen LogP contribution < -0.4 is 0 Å². The van der Waals surface area contributed by atoms with Crippen LogP contribution in [-0.2, 0) is 0 Å². The van der Waals surface area contributed by atoms with Crippen LogP contribution in [0.4, 0.5) is 0 Å². The van der Waals surface area contributed by atoms with Crippen molar-refractivity contribution in [3.63, 3.8) is 0 Å². The number of hydrogen-bond acceptors (Lipinski definition) is 2. The second-order valence-corrected chi connectivity index (χ2v) is 6.82. The molecular formula is C25H61NO. The summed E-state index contributed by atoms with van der Waals surface area (Å²) in [6.07, 6.45) is 18.8. The molecule has 0 bridgehead atoms. The molecule has 0 aromatic rings. The molecule has 1 unspecified atom stereocenters. The molecule has 0 aliphatic rings. The van der Waals surface area contributed by atoms with Gasteiger partial charge in [0.2, 0.25) is 0 Å². The summed E-state index contributed by atoms with van der Waals surface area (Å²) >= 11 is 0. The lowest BCUT2D eigenvalue weighted by atomic mass is 9.94. The van der Waals surface area contributed by atoms with Crippen molar-refractivity contribution < 1.29 is 5.21 Å². The van der Waals surface area contributed by atoms with Gasteiger partial charge in [0, 0.05) is 5.92 Å². The Hall–Kier alpha value is -0.530. The molecule has 172 valence electrons. The van der Waals surface area contributed by atoms with Crippen LogP contribution in [0, 0.1) is 5.92 Å². The lowest BCUT2D eigenvalue weighted by molar-refractivity contribution is 0.313. The van der Waals surface area contributed by atoms with E-state index in [9.17, 15) is 0 Å². The molecule has 27 heavy (non-hydrogen) atoms. The van der Waals surface area contributed by atoms with Gasteiger partial charge in [-0.2, -0.15) is 0 Å². The maximum Gasteiger partial charge on any atom is 0.0570 e. The van der Waals surface area contributed by atoms with Crippen LogP contribution in [0.3, 0.4) is 0 Å². The number of rotatable bonds is 14. The van der Waals surface area contributed by atoms with Gasteiger partial charge in [-0.1, -0.05) is 140 Å². The summed E-state index contributed by atoms with van der Waals surface area (Å²) in [7, 11) is 0. The van der Waals surface area contributed by atoms with Crippen molar-refractivity contribution in [1.82, 2.24) is 0 Å². The summed E-state index contributed by atoms with van der Waals surface area (Å²) in [6.45, 7) is 10.8. The fraction of sp³-hybridized carbons (Fsp3) is 0.960. The molecule has 1 N–H and O–H groups in total. The van der Waals surface area contributed by atoms with Gasteiger partial charge < -0.3 is 5.21 Å². The predicted octanol–water partition coefficient (Wildman–Crippen LogP) is 10.5. The van der Waals surface area contributed by atoms with Crippen LogP contribution in [0.25, 0.3) is 0 Å². The molecule has 2 heteroatoms. The quantitative estimate of drug-likeness (QED) is 0.136. The Balaban J connectivity index is -0.0000000806. The maximum atomic E-state index is 8.70. The zero-order valence-electron chi connectivity index (χ0n) is 16.9. The van der Waals surface area contributed by atoms with Gasteiger partial charge in [0.05, 0.1) is 5.71 Å².